The normalized spacial score (nSPS) is 11.6. The Hall–Kier alpha value is -3.08. The van der Waals surface area contributed by atoms with Gasteiger partial charge in [-0.05, 0) is 48.2 Å². The van der Waals surface area contributed by atoms with Crippen LogP contribution in [0.2, 0.25) is 0 Å². The number of carbonyl (C=O) groups excluding carboxylic acids is 1. The summed E-state index contributed by atoms with van der Waals surface area (Å²) in [5.41, 5.74) is 3.78. The molecule has 2 aromatic heterocycles. The highest BCUT2D eigenvalue weighted by atomic mass is 16.1. The molecule has 3 rings (SSSR count). The summed E-state index contributed by atoms with van der Waals surface area (Å²) in [7, 11) is 3.84. The number of nitrogens with one attached hydrogen (secondary N) is 2. The van der Waals surface area contributed by atoms with Gasteiger partial charge in [-0.15, -0.1) is 0 Å². The van der Waals surface area contributed by atoms with E-state index < -0.39 is 0 Å². The first-order valence-corrected chi connectivity index (χ1v) is 8.22. The number of aryl methyl sites for hydroxylation is 1. The first kappa shape index (κ1) is 16.8. The molecule has 2 N–H and O–H groups in total. The third-order valence-electron chi connectivity index (χ3n) is 4.26. The standard InChI is InChI=1S/C20H22N4O/c1-14(10-15-8-9-19(21-2)22-12-15)20(25)23-13-17-11-16-6-4-5-7-18(16)24(17)3/h4-12H,13H2,1-3H3,(H,21,22)(H,23,25). The largest absolute Gasteiger partial charge is 0.373 e. The number of anilines is 1. The molecule has 2 heterocycles. The first-order chi connectivity index (χ1) is 12.1. The fraction of sp³-hybridized carbons (Fsp3) is 0.200. The van der Waals surface area contributed by atoms with Crippen LogP contribution in [0.5, 0.6) is 0 Å². The van der Waals surface area contributed by atoms with Crippen molar-refractivity contribution in [2.24, 2.45) is 7.05 Å². The topological polar surface area (TPSA) is 59.0 Å². The molecule has 0 bridgehead atoms. The Morgan fingerprint density at radius 3 is 2.72 bits per heavy atom. The van der Waals surface area contributed by atoms with Gasteiger partial charge in [-0.1, -0.05) is 18.2 Å². The zero-order chi connectivity index (χ0) is 17.8. The van der Waals surface area contributed by atoms with Gasteiger partial charge in [-0.3, -0.25) is 4.79 Å². The second kappa shape index (κ2) is 7.21. The Morgan fingerprint density at radius 2 is 2.04 bits per heavy atom. The molecule has 0 atom stereocenters. The SMILES string of the molecule is CNc1ccc(C=C(C)C(=O)NCc2cc3ccccc3n2C)cn1. The van der Waals surface area contributed by atoms with Crippen molar-refractivity contribution in [3.63, 3.8) is 0 Å². The number of amides is 1. The third-order valence-corrected chi connectivity index (χ3v) is 4.26. The smallest absolute Gasteiger partial charge is 0.247 e. The van der Waals surface area contributed by atoms with E-state index in [0.29, 0.717) is 12.1 Å². The van der Waals surface area contributed by atoms with Crippen molar-refractivity contribution in [1.29, 1.82) is 0 Å². The van der Waals surface area contributed by atoms with Crippen molar-refractivity contribution in [1.82, 2.24) is 14.9 Å². The lowest BCUT2D eigenvalue weighted by Crippen LogP contribution is -2.24. The number of hydrogen-bond acceptors (Lipinski definition) is 3. The van der Waals surface area contributed by atoms with Crippen LogP contribution >= 0.6 is 0 Å². The maximum absolute atomic E-state index is 12.3. The summed E-state index contributed by atoms with van der Waals surface area (Å²) in [4.78, 5) is 16.6. The van der Waals surface area contributed by atoms with E-state index in [2.05, 4.69) is 38.4 Å². The number of nitrogens with zero attached hydrogens (tertiary/aromatic N) is 2. The molecule has 0 spiro atoms. The lowest BCUT2D eigenvalue weighted by molar-refractivity contribution is -0.117. The average molecular weight is 334 g/mol. The minimum Gasteiger partial charge on any atom is -0.373 e. The summed E-state index contributed by atoms with van der Waals surface area (Å²) in [5.74, 6) is 0.720. The quantitative estimate of drug-likeness (QED) is 0.704. The number of benzene rings is 1. The molecule has 25 heavy (non-hydrogen) atoms. The predicted octanol–water partition coefficient (Wildman–Crippen LogP) is 3.33. The summed E-state index contributed by atoms with van der Waals surface area (Å²) in [6.45, 7) is 2.30. The highest BCUT2D eigenvalue weighted by Gasteiger charge is 2.08. The van der Waals surface area contributed by atoms with Crippen LogP contribution in [-0.4, -0.2) is 22.5 Å². The molecule has 0 aliphatic heterocycles. The van der Waals surface area contributed by atoms with Gasteiger partial charge in [-0.2, -0.15) is 0 Å². The van der Waals surface area contributed by atoms with Crippen molar-refractivity contribution >= 4 is 28.7 Å². The van der Waals surface area contributed by atoms with E-state index in [1.165, 1.54) is 5.39 Å². The second-order valence-electron chi connectivity index (χ2n) is 5.99. The molecule has 0 aliphatic rings. The minimum atomic E-state index is -0.0806. The molecule has 128 valence electrons. The zero-order valence-electron chi connectivity index (χ0n) is 14.7. The highest BCUT2D eigenvalue weighted by molar-refractivity contribution is 5.97. The molecular formula is C20H22N4O. The van der Waals surface area contributed by atoms with Gasteiger partial charge in [0.2, 0.25) is 5.91 Å². The highest BCUT2D eigenvalue weighted by Crippen LogP contribution is 2.18. The third kappa shape index (κ3) is 3.71. The van der Waals surface area contributed by atoms with Gasteiger partial charge < -0.3 is 15.2 Å². The lowest BCUT2D eigenvalue weighted by atomic mass is 10.1. The van der Waals surface area contributed by atoms with E-state index in [0.717, 1.165) is 22.6 Å². The molecule has 1 amide bonds. The Kier molecular flexibility index (Phi) is 4.84. The summed E-state index contributed by atoms with van der Waals surface area (Å²) in [6.07, 6.45) is 3.58. The Morgan fingerprint density at radius 1 is 1.24 bits per heavy atom. The summed E-state index contributed by atoms with van der Waals surface area (Å²) in [5, 5.41) is 7.13. The number of para-hydroxylation sites is 1. The maximum atomic E-state index is 12.3. The number of aromatic nitrogens is 2. The molecule has 0 saturated carbocycles. The molecule has 0 fully saturated rings. The van der Waals surface area contributed by atoms with E-state index in [1.54, 1.807) is 6.20 Å². The monoisotopic (exact) mass is 334 g/mol. The van der Waals surface area contributed by atoms with Crippen LogP contribution in [-0.2, 0) is 18.4 Å². The molecular weight excluding hydrogens is 312 g/mol. The Bertz CT molecular complexity index is 923. The van der Waals surface area contributed by atoms with E-state index in [-0.39, 0.29) is 5.91 Å². The molecule has 5 heteroatoms. The number of carbonyl (C=O) groups is 1. The van der Waals surface area contributed by atoms with E-state index in [4.69, 9.17) is 0 Å². The van der Waals surface area contributed by atoms with Gasteiger partial charge in [-0.25, -0.2) is 4.98 Å². The van der Waals surface area contributed by atoms with Gasteiger partial charge >= 0.3 is 0 Å². The molecule has 1 aromatic carbocycles. The maximum Gasteiger partial charge on any atom is 0.247 e. The van der Waals surface area contributed by atoms with Crippen LogP contribution in [0.3, 0.4) is 0 Å². The van der Waals surface area contributed by atoms with Crippen LogP contribution < -0.4 is 10.6 Å². The van der Waals surface area contributed by atoms with Crippen molar-refractivity contribution in [3.8, 4) is 0 Å². The van der Waals surface area contributed by atoms with Crippen molar-refractivity contribution < 1.29 is 4.79 Å². The number of rotatable bonds is 5. The van der Waals surface area contributed by atoms with Gasteiger partial charge in [0.1, 0.15) is 5.82 Å². The van der Waals surface area contributed by atoms with Crippen molar-refractivity contribution in [2.75, 3.05) is 12.4 Å². The first-order valence-electron chi connectivity index (χ1n) is 8.22. The molecule has 0 radical (unpaired) electrons. The fourth-order valence-corrected chi connectivity index (χ4v) is 2.78. The van der Waals surface area contributed by atoms with Crippen molar-refractivity contribution in [2.45, 2.75) is 13.5 Å². The molecule has 0 unspecified atom stereocenters. The second-order valence-corrected chi connectivity index (χ2v) is 5.99. The van der Waals surface area contributed by atoms with Gasteiger partial charge in [0.15, 0.2) is 0 Å². The van der Waals surface area contributed by atoms with Gasteiger partial charge in [0, 0.05) is 37.1 Å². The molecule has 0 saturated heterocycles. The van der Waals surface area contributed by atoms with Gasteiger partial charge in [0.25, 0.3) is 0 Å². The van der Waals surface area contributed by atoms with Crippen LogP contribution in [0.1, 0.15) is 18.2 Å². The molecule has 5 nitrogen and oxygen atoms in total. The zero-order valence-corrected chi connectivity index (χ0v) is 14.7. The predicted molar refractivity (Wildman–Crippen MR) is 102 cm³/mol. The van der Waals surface area contributed by atoms with Crippen LogP contribution in [0.4, 0.5) is 5.82 Å². The van der Waals surface area contributed by atoms with Crippen LogP contribution in [0, 0.1) is 0 Å². The lowest BCUT2D eigenvalue weighted by Gasteiger charge is -2.07. The van der Waals surface area contributed by atoms with Crippen molar-refractivity contribution in [3.05, 3.63) is 65.5 Å². The van der Waals surface area contributed by atoms with Gasteiger partial charge in [0.05, 0.1) is 6.54 Å². The Balaban J connectivity index is 1.68. The van der Waals surface area contributed by atoms with E-state index in [1.807, 2.05) is 51.4 Å². The summed E-state index contributed by atoms with van der Waals surface area (Å²) in [6, 6.07) is 14.1. The summed E-state index contributed by atoms with van der Waals surface area (Å²) >= 11 is 0. The molecule has 0 aliphatic carbocycles. The van der Waals surface area contributed by atoms with Crippen LogP contribution in [0.25, 0.3) is 17.0 Å². The molecule has 3 aromatic rings. The Labute approximate surface area is 147 Å². The van der Waals surface area contributed by atoms with E-state index >= 15 is 0 Å². The fourth-order valence-electron chi connectivity index (χ4n) is 2.78. The minimum absolute atomic E-state index is 0.0806. The average Bonchev–Trinajstić information content (AvgIpc) is 2.96. The van der Waals surface area contributed by atoms with E-state index in [9.17, 15) is 4.79 Å². The number of pyridine rings is 1. The number of fused-ring (bicyclic) bond motifs is 1. The van der Waals surface area contributed by atoms with Crippen LogP contribution in [0.15, 0.2) is 54.2 Å². The number of hydrogen-bond donors (Lipinski definition) is 2. The summed E-state index contributed by atoms with van der Waals surface area (Å²) < 4.78 is 2.11.